The number of anilines is 1. The molecule has 2 rings (SSSR count). The molecule has 0 amide bonds. The van der Waals surface area contributed by atoms with Gasteiger partial charge >= 0.3 is 0 Å². The Morgan fingerprint density at radius 1 is 1.47 bits per heavy atom. The molecule has 2 N–H and O–H groups in total. The zero-order valence-corrected chi connectivity index (χ0v) is 10.5. The molecule has 0 fully saturated rings. The van der Waals surface area contributed by atoms with E-state index in [1.54, 1.807) is 0 Å². The molecular formula is C12H18N4O. The number of hydrogen-bond donors (Lipinski definition) is 1. The highest BCUT2D eigenvalue weighted by Crippen LogP contribution is 2.34. The highest BCUT2D eigenvalue weighted by Gasteiger charge is 2.23. The Labute approximate surface area is 101 Å². The Balaban J connectivity index is 2.38. The Bertz CT molecular complexity index is 442. The number of ether oxygens (including phenoxy) is 1. The van der Waals surface area contributed by atoms with Crippen LogP contribution in [0.1, 0.15) is 26.5 Å². The Hall–Kier alpha value is -1.65. The van der Waals surface area contributed by atoms with Crippen LogP contribution in [-0.4, -0.2) is 22.8 Å². The fraction of sp³-hybridized carbons (Fsp3) is 0.583. The second kappa shape index (κ2) is 4.69. The van der Waals surface area contributed by atoms with Crippen molar-refractivity contribution in [2.45, 2.75) is 27.2 Å². The van der Waals surface area contributed by atoms with Crippen molar-refractivity contribution in [3.63, 3.8) is 0 Å². The van der Waals surface area contributed by atoms with Crippen LogP contribution < -0.4 is 10.5 Å². The molecule has 0 saturated heterocycles. The molecule has 92 valence electrons. The molecule has 1 aliphatic heterocycles. The maximum atomic E-state index is 5.68. The molecular weight excluding hydrogens is 216 g/mol. The average molecular weight is 234 g/mol. The predicted octanol–water partition coefficient (Wildman–Crippen LogP) is 1.99. The van der Waals surface area contributed by atoms with Crippen LogP contribution >= 0.6 is 0 Å². The summed E-state index contributed by atoms with van der Waals surface area (Å²) in [6.45, 7) is 6.81. The largest absolute Gasteiger partial charge is 0.476 e. The van der Waals surface area contributed by atoms with Crippen molar-refractivity contribution in [1.29, 1.82) is 0 Å². The van der Waals surface area contributed by atoms with Gasteiger partial charge in [0.15, 0.2) is 0 Å². The van der Waals surface area contributed by atoms with Gasteiger partial charge in [-0.05, 0) is 12.8 Å². The van der Waals surface area contributed by atoms with E-state index >= 15 is 0 Å². The van der Waals surface area contributed by atoms with Crippen molar-refractivity contribution >= 4 is 17.9 Å². The zero-order chi connectivity index (χ0) is 12.4. The summed E-state index contributed by atoms with van der Waals surface area (Å²) in [5.74, 6) is 1.70. The maximum Gasteiger partial charge on any atom is 0.245 e. The summed E-state index contributed by atoms with van der Waals surface area (Å²) in [5, 5.41) is 0. The van der Waals surface area contributed by atoms with Gasteiger partial charge in [0, 0.05) is 18.6 Å². The summed E-state index contributed by atoms with van der Waals surface area (Å²) in [7, 11) is 0. The Morgan fingerprint density at radius 2 is 2.24 bits per heavy atom. The topological polar surface area (TPSA) is 73.4 Å². The van der Waals surface area contributed by atoms with Crippen LogP contribution in [0.4, 0.5) is 11.6 Å². The lowest BCUT2D eigenvalue weighted by Gasteiger charge is -2.21. The molecule has 5 nitrogen and oxygen atoms in total. The first kappa shape index (κ1) is 11.8. The van der Waals surface area contributed by atoms with E-state index in [4.69, 9.17) is 10.5 Å². The first-order valence-corrected chi connectivity index (χ1v) is 5.95. The quantitative estimate of drug-likeness (QED) is 0.868. The maximum absolute atomic E-state index is 5.68. The highest BCUT2D eigenvalue weighted by atomic mass is 16.5. The molecule has 5 heteroatoms. The van der Waals surface area contributed by atoms with Crippen LogP contribution in [-0.2, 0) is 6.42 Å². The molecule has 2 heterocycles. The number of nitrogen functional groups attached to an aromatic ring is 1. The second-order valence-corrected chi connectivity index (χ2v) is 4.51. The molecule has 1 aromatic heterocycles. The lowest BCUT2D eigenvalue weighted by atomic mass is 9.90. The summed E-state index contributed by atoms with van der Waals surface area (Å²) in [5.41, 5.74) is 7.31. The summed E-state index contributed by atoms with van der Waals surface area (Å²) in [6, 6.07) is 0. The lowest BCUT2D eigenvalue weighted by molar-refractivity contribution is 0.327. The normalized spacial score (nSPS) is 18.2. The third-order valence-electron chi connectivity index (χ3n) is 2.90. The molecule has 1 aliphatic rings. The minimum absolute atomic E-state index is 0.256. The van der Waals surface area contributed by atoms with E-state index in [1.807, 2.05) is 13.1 Å². The van der Waals surface area contributed by atoms with Crippen molar-refractivity contribution in [1.82, 2.24) is 9.97 Å². The number of rotatable bonds is 3. The number of hydrogen-bond acceptors (Lipinski definition) is 5. The molecule has 0 radical (unpaired) electrons. The molecule has 1 aromatic rings. The number of fused-ring (bicyclic) bond motifs is 1. The molecule has 1 atom stereocenters. The molecule has 0 spiro atoms. The van der Waals surface area contributed by atoms with E-state index in [0.29, 0.717) is 24.3 Å². The van der Waals surface area contributed by atoms with Crippen LogP contribution in [0.2, 0.25) is 0 Å². The fourth-order valence-corrected chi connectivity index (χ4v) is 1.86. The van der Waals surface area contributed by atoms with Crippen molar-refractivity contribution in [2.24, 2.45) is 16.8 Å². The molecule has 1 unspecified atom stereocenters. The van der Waals surface area contributed by atoms with Gasteiger partial charge in [-0.25, -0.2) is 4.98 Å². The monoisotopic (exact) mass is 234 g/mol. The summed E-state index contributed by atoms with van der Waals surface area (Å²) >= 11 is 0. The van der Waals surface area contributed by atoms with E-state index in [-0.39, 0.29) is 5.95 Å². The third-order valence-corrected chi connectivity index (χ3v) is 2.90. The number of aromatic nitrogens is 2. The average Bonchev–Trinajstić information content (AvgIpc) is 2.28. The SMILES string of the molecule is CCOc1nc(N)nc2c1N=CC(C(C)C)C2. The van der Waals surface area contributed by atoms with Gasteiger partial charge in [0.1, 0.15) is 5.69 Å². The first-order chi connectivity index (χ1) is 8.11. The van der Waals surface area contributed by atoms with Crippen molar-refractivity contribution in [3.05, 3.63) is 5.69 Å². The van der Waals surface area contributed by atoms with Gasteiger partial charge in [-0.2, -0.15) is 4.98 Å². The predicted molar refractivity (Wildman–Crippen MR) is 67.8 cm³/mol. The summed E-state index contributed by atoms with van der Waals surface area (Å²) in [6.07, 6.45) is 2.82. The Kier molecular flexibility index (Phi) is 3.26. The van der Waals surface area contributed by atoms with Crippen molar-refractivity contribution < 1.29 is 4.74 Å². The van der Waals surface area contributed by atoms with Crippen LogP contribution in [0.15, 0.2) is 4.99 Å². The fourth-order valence-electron chi connectivity index (χ4n) is 1.86. The van der Waals surface area contributed by atoms with E-state index in [1.165, 1.54) is 0 Å². The Morgan fingerprint density at radius 3 is 2.88 bits per heavy atom. The van der Waals surface area contributed by atoms with E-state index in [0.717, 1.165) is 17.8 Å². The smallest absolute Gasteiger partial charge is 0.245 e. The van der Waals surface area contributed by atoms with Gasteiger partial charge in [0.05, 0.1) is 12.3 Å². The number of nitrogens with two attached hydrogens (primary N) is 1. The summed E-state index contributed by atoms with van der Waals surface area (Å²) in [4.78, 5) is 12.8. The van der Waals surface area contributed by atoms with E-state index in [9.17, 15) is 0 Å². The lowest BCUT2D eigenvalue weighted by Crippen LogP contribution is -2.18. The molecule has 0 aliphatic carbocycles. The molecule has 0 aromatic carbocycles. The van der Waals surface area contributed by atoms with Crippen LogP contribution in [0.5, 0.6) is 5.88 Å². The van der Waals surface area contributed by atoms with Gasteiger partial charge in [0.25, 0.3) is 0 Å². The van der Waals surface area contributed by atoms with E-state index < -0.39 is 0 Å². The minimum Gasteiger partial charge on any atom is -0.476 e. The van der Waals surface area contributed by atoms with Gasteiger partial charge in [-0.1, -0.05) is 13.8 Å². The van der Waals surface area contributed by atoms with E-state index in [2.05, 4.69) is 28.8 Å². The third kappa shape index (κ3) is 2.38. The molecule has 17 heavy (non-hydrogen) atoms. The van der Waals surface area contributed by atoms with Gasteiger partial charge in [-0.3, -0.25) is 4.99 Å². The number of aliphatic imine (C=N–C) groups is 1. The van der Waals surface area contributed by atoms with Crippen molar-refractivity contribution in [2.75, 3.05) is 12.3 Å². The van der Waals surface area contributed by atoms with Crippen LogP contribution in [0.25, 0.3) is 0 Å². The molecule has 0 bridgehead atoms. The highest BCUT2D eigenvalue weighted by molar-refractivity contribution is 5.73. The van der Waals surface area contributed by atoms with Crippen LogP contribution in [0, 0.1) is 11.8 Å². The van der Waals surface area contributed by atoms with Gasteiger partial charge in [-0.15, -0.1) is 0 Å². The van der Waals surface area contributed by atoms with Gasteiger partial charge < -0.3 is 10.5 Å². The first-order valence-electron chi connectivity index (χ1n) is 5.95. The van der Waals surface area contributed by atoms with Crippen LogP contribution in [0.3, 0.4) is 0 Å². The molecule has 0 saturated carbocycles. The number of nitrogens with zero attached hydrogens (tertiary/aromatic N) is 3. The zero-order valence-electron chi connectivity index (χ0n) is 10.5. The second-order valence-electron chi connectivity index (χ2n) is 4.51. The van der Waals surface area contributed by atoms with Crippen molar-refractivity contribution in [3.8, 4) is 5.88 Å². The minimum atomic E-state index is 0.256. The summed E-state index contributed by atoms with van der Waals surface area (Å²) < 4.78 is 5.44. The standard InChI is InChI=1S/C12H18N4O/c1-4-17-11-10-9(15-12(13)16-11)5-8(6-14-10)7(2)3/h6-8H,4-5H2,1-3H3,(H2,13,15,16). The van der Waals surface area contributed by atoms with Gasteiger partial charge in [0.2, 0.25) is 11.8 Å².